The molecule has 0 aliphatic rings. The fraction of sp³-hybridized carbons (Fsp3) is 0.118. The first-order valence-corrected chi connectivity index (χ1v) is 8.22. The molecule has 0 aliphatic carbocycles. The molecule has 3 aromatic rings. The van der Waals surface area contributed by atoms with Crippen LogP contribution in [0.2, 0.25) is 0 Å². The van der Waals surface area contributed by atoms with Gasteiger partial charge in [-0.15, -0.1) is 0 Å². The van der Waals surface area contributed by atoms with E-state index in [2.05, 4.69) is 10.4 Å². The van der Waals surface area contributed by atoms with Crippen LogP contribution in [0.1, 0.15) is 22.0 Å². The number of rotatable bonds is 6. The molecule has 1 unspecified atom stereocenters. The van der Waals surface area contributed by atoms with Crippen molar-refractivity contribution < 1.29 is 14.7 Å². The first kappa shape index (κ1) is 16.1. The molecule has 1 atom stereocenters. The number of thiophene rings is 1. The van der Waals surface area contributed by atoms with E-state index in [1.165, 1.54) is 28.4 Å². The Bertz CT molecular complexity index is 828. The number of nitrogens with zero attached hydrogens (tertiary/aromatic N) is 2. The zero-order valence-electron chi connectivity index (χ0n) is 12.6. The van der Waals surface area contributed by atoms with Gasteiger partial charge < -0.3 is 10.4 Å². The number of aliphatic hydroxyl groups excluding tert-OH is 1. The first-order chi connectivity index (χ1) is 11.6. The van der Waals surface area contributed by atoms with E-state index in [-0.39, 0.29) is 12.1 Å². The van der Waals surface area contributed by atoms with Crippen LogP contribution in [-0.4, -0.2) is 33.1 Å². The number of carbonyl (C=O) groups excluding carboxylic acids is 2. The minimum Gasteiger partial charge on any atom is -0.387 e. The number of ketones is 1. The molecular weight excluding hydrogens is 326 g/mol. The molecule has 3 rings (SSSR count). The second-order valence-electron chi connectivity index (χ2n) is 5.12. The summed E-state index contributed by atoms with van der Waals surface area (Å²) in [4.78, 5) is 24.1. The van der Waals surface area contributed by atoms with Gasteiger partial charge in [0.25, 0.3) is 11.7 Å². The molecule has 2 heterocycles. The summed E-state index contributed by atoms with van der Waals surface area (Å²) in [5.41, 5.74) is 1.70. The summed E-state index contributed by atoms with van der Waals surface area (Å²) in [5, 5.41) is 20.1. The molecule has 2 N–H and O–H groups in total. The maximum Gasteiger partial charge on any atom is 0.292 e. The predicted octanol–water partition coefficient (Wildman–Crippen LogP) is 1.97. The van der Waals surface area contributed by atoms with E-state index < -0.39 is 17.8 Å². The highest BCUT2D eigenvalue weighted by Gasteiger charge is 2.19. The van der Waals surface area contributed by atoms with Crippen molar-refractivity contribution in [3.63, 3.8) is 0 Å². The van der Waals surface area contributed by atoms with Crippen LogP contribution < -0.4 is 5.32 Å². The third-order valence-electron chi connectivity index (χ3n) is 3.46. The van der Waals surface area contributed by atoms with E-state index in [0.29, 0.717) is 5.56 Å². The van der Waals surface area contributed by atoms with E-state index in [1.807, 2.05) is 35.7 Å². The molecule has 0 radical (unpaired) electrons. The van der Waals surface area contributed by atoms with Gasteiger partial charge in [0.2, 0.25) is 0 Å². The number of Topliss-reactive ketones (excluding diaryl/α,β-unsaturated/α-hetero) is 1. The largest absolute Gasteiger partial charge is 0.387 e. The van der Waals surface area contributed by atoms with Crippen molar-refractivity contribution in [2.75, 3.05) is 6.54 Å². The first-order valence-electron chi connectivity index (χ1n) is 7.28. The van der Waals surface area contributed by atoms with Crippen LogP contribution >= 0.6 is 11.3 Å². The number of hydrogen-bond acceptors (Lipinski definition) is 5. The summed E-state index contributed by atoms with van der Waals surface area (Å²) in [6.07, 6.45) is 2.02. The quantitative estimate of drug-likeness (QED) is 0.530. The Hall–Kier alpha value is -2.77. The SMILES string of the molecule is O=C(NCC(O)c1ccsc1)C(=O)c1cnn(-c2ccccc2)c1. The molecule has 0 saturated carbocycles. The smallest absolute Gasteiger partial charge is 0.292 e. The fourth-order valence-electron chi connectivity index (χ4n) is 2.15. The van der Waals surface area contributed by atoms with Gasteiger partial charge in [-0.25, -0.2) is 4.68 Å². The van der Waals surface area contributed by atoms with Crippen molar-refractivity contribution in [2.24, 2.45) is 0 Å². The van der Waals surface area contributed by atoms with Crippen LogP contribution in [0.5, 0.6) is 0 Å². The van der Waals surface area contributed by atoms with E-state index in [0.717, 1.165) is 5.69 Å². The summed E-state index contributed by atoms with van der Waals surface area (Å²) >= 11 is 1.46. The highest BCUT2D eigenvalue weighted by Crippen LogP contribution is 2.15. The molecule has 0 saturated heterocycles. The number of carbonyl (C=O) groups is 2. The highest BCUT2D eigenvalue weighted by atomic mass is 32.1. The normalized spacial score (nSPS) is 11.9. The van der Waals surface area contributed by atoms with Crippen LogP contribution in [0.15, 0.2) is 59.6 Å². The van der Waals surface area contributed by atoms with Crippen LogP contribution in [0.3, 0.4) is 0 Å². The lowest BCUT2D eigenvalue weighted by atomic mass is 10.2. The van der Waals surface area contributed by atoms with E-state index >= 15 is 0 Å². The maximum absolute atomic E-state index is 12.1. The monoisotopic (exact) mass is 341 g/mol. The number of aliphatic hydroxyl groups is 1. The summed E-state index contributed by atoms with van der Waals surface area (Å²) < 4.78 is 1.53. The van der Waals surface area contributed by atoms with Gasteiger partial charge in [0.1, 0.15) is 0 Å². The second-order valence-corrected chi connectivity index (χ2v) is 5.90. The van der Waals surface area contributed by atoms with Crippen LogP contribution in [0, 0.1) is 0 Å². The Morgan fingerprint density at radius 1 is 1.25 bits per heavy atom. The standard InChI is InChI=1S/C17H15N3O3S/c21-15(12-6-7-24-11-12)9-18-17(23)16(22)13-8-19-20(10-13)14-4-2-1-3-5-14/h1-8,10-11,15,21H,9H2,(H,18,23). The molecule has 0 spiro atoms. The number of benzene rings is 1. The maximum atomic E-state index is 12.1. The highest BCUT2D eigenvalue weighted by molar-refractivity contribution is 7.07. The van der Waals surface area contributed by atoms with Gasteiger partial charge in [0, 0.05) is 12.7 Å². The van der Waals surface area contributed by atoms with Crippen molar-refractivity contribution in [3.05, 3.63) is 70.7 Å². The van der Waals surface area contributed by atoms with Gasteiger partial charge in [-0.05, 0) is 34.5 Å². The van der Waals surface area contributed by atoms with Crippen molar-refractivity contribution in [3.8, 4) is 5.69 Å². The van der Waals surface area contributed by atoms with Gasteiger partial charge in [0.05, 0.1) is 23.6 Å². The van der Waals surface area contributed by atoms with Crippen LogP contribution in [0.25, 0.3) is 5.69 Å². The van der Waals surface area contributed by atoms with Crippen molar-refractivity contribution >= 4 is 23.0 Å². The Morgan fingerprint density at radius 3 is 2.75 bits per heavy atom. The minimum absolute atomic E-state index is 0.0197. The Morgan fingerprint density at radius 2 is 2.04 bits per heavy atom. The summed E-state index contributed by atoms with van der Waals surface area (Å²) in [6, 6.07) is 11.1. The number of para-hydroxylation sites is 1. The molecular formula is C17H15N3O3S. The van der Waals surface area contributed by atoms with Gasteiger partial charge in [-0.3, -0.25) is 9.59 Å². The molecule has 0 aliphatic heterocycles. The number of nitrogens with one attached hydrogen (secondary N) is 1. The molecule has 122 valence electrons. The molecule has 24 heavy (non-hydrogen) atoms. The molecule has 1 amide bonds. The number of amides is 1. The van der Waals surface area contributed by atoms with E-state index in [4.69, 9.17) is 0 Å². The minimum atomic E-state index is -0.833. The summed E-state index contributed by atoms with van der Waals surface area (Å²) in [7, 11) is 0. The van der Waals surface area contributed by atoms with Crippen molar-refractivity contribution in [1.29, 1.82) is 0 Å². The molecule has 0 bridgehead atoms. The van der Waals surface area contributed by atoms with Crippen molar-refractivity contribution in [2.45, 2.75) is 6.10 Å². The van der Waals surface area contributed by atoms with E-state index in [1.54, 1.807) is 11.4 Å². The topological polar surface area (TPSA) is 84.2 Å². The zero-order chi connectivity index (χ0) is 16.9. The molecule has 2 aromatic heterocycles. The Labute approximate surface area is 142 Å². The Kier molecular flexibility index (Phi) is 4.83. The molecule has 7 heteroatoms. The summed E-state index contributed by atoms with van der Waals surface area (Å²) in [6.45, 7) is -0.0197. The zero-order valence-corrected chi connectivity index (χ0v) is 13.4. The van der Waals surface area contributed by atoms with Gasteiger partial charge in [0.15, 0.2) is 0 Å². The van der Waals surface area contributed by atoms with Crippen LogP contribution in [-0.2, 0) is 4.79 Å². The predicted molar refractivity (Wildman–Crippen MR) is 90.2 cm³/mol. The number of hydrogen-bond donors (Lipinski definition) is 2. The summed E-state index contributed by atoms with van der Waals surface area (Å²) in [5.74, 6) is -1.45. The van der Waals surface area contributed by atoms with Gasteiger partial charge >= 0.3 is 0 Å². The lowest BCUT2D eigenvalue weighted by molar-refractivity contribution is -0.117. The number of aromatic nitrogens is 2. The van der Waals surface area contributed by atoms with Crippen LogP contribution in [0.4, 0.5) is 0 Å². The molecule has 6 nitrogen and oxygen atoms in total. The lowest BCUT2D eigenvalue weighted by Crippen LogP contribution is -2.34. The van der Waals surface area contributed by atoms with Gasteiger partial charge in [-0.1, -0.05) is 18.2 Å². The average molecular weight is 341 g/mol. The third-order valence-corrected chi connectivity index (χ3v) is 4.16. The average Bonchev–Trinajstić information content (AvgIpc) is 3.31. The third kappa shape index (κ3) is 3.58. The fourth-order valence-corrected chi connectivity index (χ4v) is 2.85. The molecule has 0 fully saturated rings. The molecule has 1 aromatic carbocycles. The lowest BCUT2D eigenvalue weighted by Gasteiger charge is -2.09. The van der Waals surface area contributed by atoms with Gasteiger partial charge in [-0.2, -0.15) is 16.4 Å². The second kappa shape index (κ2) is 7.20. The van der Waals surface area contributed by atoms with E-state index in [9.17, 15) is 14.7 Å². The Balaban J connectivity index is 1.62. The van der Waals surface area contributed by atoms with Crippen molar-refractivity contribution in [1.82, 2.24) is 15.1 Å².